The number of carbonyl (C=O) groups is 4. The highest BCUT2D eigenvalue weighted by atomic mass is 16.4. The summed E-state index contributed by atoms with van der Waals surface area (Å²) in [5, 5.41) is 30.0. The lowest BCUT2D eigenvalue weighted by molar-refractivity contribution is -0.137. The summed E-state index contributed by atoms with van der Waals surface area (Å²) < 4.78 is 0. The van der Waals surface area contributed by atoms with E-state index in [0.29, 0.717) is 11.1 Å². The predicted octanol–water partition coefficient (Wildman–Crippen LogP) is 1.72. The zero-order valence-electron chi connectivity index (χ0n) is 13.7. The van der Waals surface area contributed by atoms with Crippen LogP contribution in [-0.4, -0.2) is 45.5 Å². The summed E-state index contributed by atoms with van der Waals surface area (Å²) in [4.78, 5) is 46.4. The molecule has 4 N–H and O–H groups in total. The molecule has 1 aliphatic carbocycles. The normalized spacial score (nSPS) is 12.7. The van der Waals surface area contributed by atoms with Crippen LogP contribution in [0.2, 0.25) is 0 Å². The number of aliphatic carboxylic acids is 1. The van der Waals surface area contributed by atoms with Gasteiger partial charge in [0.15, 0.2) is 0 Å². The van der Waals surface area contributed by atoms with Crippen molar-refractivity contribution in [2.24, 2.45) is 0 Å². The van der Waals surface area contributed by atoms with Crippen molar-refractivity contribution >= 4 is 29.4 Å². The summed E-state index contributed by atoms with van der Waals surface area (Å²) in [5.41, 5.74) is 0.749. The quantitative estimate of drug-likeness (QED) is 0.590. The number of hydrogen-bond donors (Lipinski definition) is 4. The Kier molecular flexibility index (Phi) is 4.47. The Hall–Kier alpha value is -3.94. The Bertz CT molecular complexity index is 1020. The molecule has 0 radical (unpaired) electrons. The van der Waals surface area contributed by atoms with E-state index in [1.807, 2.05) is 0 Å². The van der Waals surface area contributed by atoms with Crippen LogP contribution in [0.5, 0.6) is 0 Å². The summed E-state index contributed by atoms with van der Waals surface area (Å²) in [6, 6.07) is 10.5. The van der Waals surface area contributed by atoms with Gasteiger partial charge in [-0.2, -0.15) is 0 Å². The van der Waals surface area contributed by atoms with Crippen molar-refractivity contribution in [1.29, 1.82) is 0 Å². The molecule has 136 valence electrons. The summed E-state index contributed by atoms with van der Waals surface area (Å²) in [7, 11) is 0. The van der Waals surface area contributed by atoms with Crippen LogP contribution in [0.3, 0.4) is 0 Å². The molecule has 8 heteroatoms. The fourth-order valence-electron chi connectivity index (χ4n) is 2.85. The average molecular weight is 367 g/mol. The first-order valence-electron chi connectivity index (χ1n) is 7.76. The monoisotopic (exact) mass is 367 g/mol. The maximum absolute atomic E-state index is 12.7. The number of carboxylic acids is 2. The van der Waals surface area contributed by atoms with Crippen LogP contribution >= 0.6 is 0 Å². The fraction of sp³-hybridized carbons (Fsp3) is 0.0526. The lowest BCUT2D eigenvalue weighted by Gasteiger charge is -2.08. The van der Waals surface area contributed by atoms with E-state index in [-0.39, 0.29) is 16.7 Å². The van der Waals surface area contributed by atoms with E-state index in [1.165, 1.54) is 30.3 Å². The van der Waals surface area contributed by atoms with E-state index in [2.05, 4.69) is 5.32 Å². The maximum atomic E-state index is 12.7. The highest BCUT2D eigenvalue weighted by Gasteiger charge is 2.36. The number of benzene rings is 2. The van der Waals surface area contributed by atoms with Gasteiger partial charge in [-0.15, -0.1) is 0 Å². The number of aromatic carboxylic acids is 1. The molecular formula is C19H13NO7. The van der Waals surface area contributed by atoms with Crippen molar-refractivity contribution in [2.45, 2.75) is 0 Å². The lowest BCUT2D eigenvalue weighted by Crippen LogP contribution is -2.32. The van der Waals surface area contributed by atoms with E-state index in [0.717, 1.165) is 0 Å². The second-order valence-electron chi connectivity index (χ2n) is 5.74. The number of hydrogen-bond acceptors (Lipinski definition) is 5. The molecule has 2 aromatic rings. The smallest absolute Gasteiger partial charge is 0.335 e. The van der Waals surface area contributed by atoms with Crippen LogP contribution in [0.1, 0.15) is 26.3 Å². The number of nitrogens with one attached hydrogen (secondary N) is 1. The Morgan fingerprint density at radius 2 is 1.56 bits per heavy atom. The standard InChI is InChI=1S/C19H13NO7/c21-13(22)8-20-18(25)15-16(23)12-3-1-2-11(14(12)17(15)24)9-4-6-10(7-5-9)19(26)27/h1-7,23H,8H2,(H,20,25)(H,21,22)(H,26,27). The molecule has 0 heterocycles. The molecule has 27 heavy (non-hydrogen) atoms. The van der Waals surface area contributed by atoms with E-state index >= 15 is 0 Å². The van der Waals surface area contributed by atoms with Crippen molar-refractivity contribution in [3.63, 3.8) is 0 Å². The van der Waals surface area contributed by atoms with Crippen molar-refractivity contribution in [2.75, 3.05) is 6.54 Å². The molecule has 0 unspecified atom stereocenters. The fourth-order valence-corrected chi connectivity index (χ4v) is 2.85. The number of aliphatic hydroxyl groups is 1. The molecule has 0 saturated heterocycles. The number of carbonyl (C=O) groups excluding carboxylic acids is 2. The average Bonchev–Trinajstić information content (AvgIpc) is 2.90. The SMILES string of the molecule is O=C(O)CNC(=O)C1=C(O)c2cccc(-c3ccc(C(=O)O)cc3)c2C1=O. The first kappa shape index (κ1) is 17.9. The third-order valence-corrected chi connectivity index (χ3v) is 4.08. The topological polar surface area (TPSA) is 141 Å². The van der Waals surface area contributed by atoms with E-state index in [4.69, 9.17) is 10.2 Å². The summed E-state index contributed by atoms with van der Waals surface area (Å²) in [6.07, 6.45) is 0. The molecule has 2 aromatic carbocycles. The van der Waals surface area contributed by atoms with Gasteiger partial charge in [0.05, 0.1) is 5.56 Å². The minimum absolute atomic E-state index is 0.0763. The number of rotatable bonds is 5. The predicted molar refractivity (Wildman–Crippen MR) is 93.4 cm³/mol. The van der Waals surface area contributed by atoms with Gasteiger partial charge in [0.1, 0.15) is 17.9 Å². The van der Waals surface area contributed by atoms with Crippen LogP contribution in [0.4, 0.5) is 0 Å². The van der Waals surface area contributed by atoms with Gasteiger partial charge in [-0.3, -0.25) is 14.4 Å². The molecule has 8 nitrogen and oxygen atoms in total. The molecule has 0 atom stereocenters. The Morgan fingerprint density at radius 1 is 0.926 bits per heavy atom. The third-order valence-electron chi connectivity index (χ3n) is 4.08. The zero-order valence-corrected chi connectivity index (χ0v) is 13.7. The van der Waals surface area contributed by atoms with Gasteiger partial charge in [0, 0.05) is 11.1 Å². The van der Waals surface area contributed by atoms with Crippen LogP contribution in [-0.2, 0) is 9.59 Å². The first-order valence-corrected chi connectivity index (χ1v) is 7.76. The van der Waals surface area contributed by atoms with Crippen LogP contribution < -0.4 is 5.32 Å². The van der Waals surface area contributed by atoms with Gasteiger partial charge in [-0.05, 0) is 23.3 Å². The summed E-state index contributed by atoms with van der Waals surface area (Å²) >= 11 is 0. The number of fused-ring (bicyclic) bond motifs is 1. The van der Waals surface area contributed by atoms with Crippen LogP contribution in [0, 0.1) is 0 Å². The lowest BCUT2D eigenvalue weighted by atomic mass is 9.94. The van der Waals surface area contributed by atoms with Gasteiger partial charge < -0.3 is 20.6 Å². The Morgan fingerprint density at radius 3 is 2.15 bits per heavy atom. The molecule has 0 bridgehead atoms. The van der Waals surface area contributed by atoms with Crippen LogP contribution in [0.25, 0.3) is 16.9 Å². The minimum Gasteiger partial charge on any atom is -0.506 e. The van der Waals surface area contributed by atoms with Gasteiger partial charge in [0.25, 0.3) is 5.91 Å². The minimum atomic E-state index is -1.29. The highest BCUT2D eigenvalue weighted by Crippen LogP contribution is 2.37. The number of aliphatic hydroxyl groups excluding tert-OH is 1. The van der Waals surface area contributed by atoms with E-state index < -0.39 is 41.5 Å². The number of Topliss-reactive ketones (excluding diaryl/α,β-unsaturated/α-hetero) is 1. The summed E-state index contributed by atoms with van der Waals surface area (Å²) in [6.45, 7) is -0.692. The van der Waals surface area contributed by atoms with Crippen molar-refractivity contribution < 1.29 is 34.5 Å². The second kappa shape index (κ2) is 6.75. The van der Waals surface area contributed by atoms with E-state index in [9.17, 15) is 24.3 Å². The maximum Gasteiger partial charge on any atom is 0.335 e. The van der Waals surface area contributed by atoms with Crippen molar-refractivity contribution in [3.05, 3.63) is 64.7 Å². The Labute approximate surface area is 152 Å². The number of ketones is 1. The van der Waals surface area contributed by atoms with Gasteiger partial charge in [0.2, 0.25) is 5.78 Å². The third kappa shape index (κ3) is 3.15. The zero-order chi connectivity index (χ0) is 19.7. The first-order chi connectivity index (χ1) is 12.8. The number of carboxylic acid groups (broad SMARTS) is 2. The van der Waals surface area contributed by atoms with Crippen LogP contribution in [0.15, 0.2) is 48.0 Å². The van der Waals surface area contributed by atoms with Gasteiger partial charge in [-0.25, -0.2) is 4.79 Å². The van der Waals surface area contributed by atoms with Crippen molar-refractivity contribution in [3.8, 4) is 11.1 Å². The van der Waals surface area contributed by atoms with E-state index in [1.54, 1.807) is 12.1 Å². The van der Waals surface area contributed by atoms with Gasteiger partial charge in [-0.1, -0.05) is 30.3 Å². The van der Waals surface area contributed by atoms with Crippen molar-refractivity contribution in [1.82, 2.24) is 5.32 Å². The summed E-state index contributed by atoms with van der Waals surface area (Å²) in [5.74, 6) is -4.62. The highest BCUT2D eigenvalue weighted by molar-refractivity contribution is 6.35. The number of amides is 1. The molecule has 0 spiro atoms. The molecule has 0 aromatic heterocycles. The molecule has 1 amide bonds. The van der Waals surface area contributed by atoms with Gasteiger partial charge >= 0.3 is 11.9 Å². The molecule has 1 aliphatic rings. The largest absolute Gasteiger partial charge is 0.506 e. The molecule has 3 rings (SSSR count). The Balaban J connectivity index is 2.01. The molecule has 0 fully saturated rings. The second-order valence-corrected chi connectivity index (χ2v) is 5.74. The molecular weight excluding hydrogens is 354 g/mol. The molecule has 0 saturated carbocycles. The molecule has 0 aliphatic heterocycles.